The zero-order valence-corrected chi connectivity index (χ0v) is 10.2. The normalized spacial score (nSPS) is 17.5. The SMILES string of the molecule is Cc1ccc(N2CCN(CCO)CC2)c(F)c1. The summed E-state index contributed by atoms with van der Waals surface area (Å²) < 4.78 is 13.8. The molecule has 1 aromatic carbocycles. The van der Waals surface area contributed by atoms with E-state index in [2.05, 4.69) is 9.80 Å². The van der Waals surface area contributed by atoms with Crippen molar-refractivity contribution in [1.82, 2.24) is 4.90 Å². The molecule has 0 bridgehead atoms. The number of halogens is 1. The fraction of sp³-hybridized carbons (Fsp3) is 0.538. The topological polar surface area (TPSA) is 26.7 Å². The molecule has 0 aliphatic carbocycles. The number of anilines is 1. The quantitative estimate of drug-likeness (QED) is 0.858. The van der Waals surface area contributed by atoms with Crippen molar-refractivity contribution in [3.63, 3.8) is 0 Å². The van der Waals surface area contributed by atoms with Crippen molar-refractivity contribution >= 4 is 5.69 Å². The van der Waals surface area contributed by atoms with Crippen LogP contribution in [-0.2, 0) is 0 Å². The Bertz CT molecular complexity index is 376. The first kappa shape index (κ1) is 12.3. The predicted octanol–water partition coefficient (Wildman–Crippen LogP) is 1.25. The number of β-amino-alcohol motifs (C(OH)–C–C–N with tert-alkyl or cyclic N) is 1. The van der Waals surface area contributed by atoms with Gasteiger partial charge in [-0.1, -0.05) is 6.07 Å². The summed E-state index contributed by atoms with van der Waals surface area (Å²) in [5.41, 5.74) is 1.64. The van der Waals surface area contributed by atoms with Gasteiger partial charge in [0.15, 0.2) is 0 Å². The zero-order valence-electron chi connectivity index (χ0n) is 10.2. The molecule has 0 unspecified atom stereocenters. The average molecular weight is 238 g/mol. The van der Waals surface area contributed by atoms with Crippen LogP contribution in [0.1, 0.15) is 5.56 Å². The van der Waals surface area contributed by atoms with Gasteiger partial charge >= 0.3 is 0 Å². The van der Waals surface area contributed by atoms with Crippen LogP contribution >= 0.6 is 0 Å². The molecule has 1 aromatic rings. The summed E-state index contributed by atoms with van der Waals surface area (Å²) in [6.45, 7) is 6.21. The van der Waals surface area contributed by atoms with E-state index in [0.717, 1.165) is 31.7 Å². The Kier molecular flexibility index (Phi) is 3.97. The average Bonchev–Trinajstić information content (AvgIpc) is 2.31. The minimum absolute atomic E-state index is 0.138. The van der Waals surface area contributed by atoms with Crippen LogP contribution in [0.3, 0.4) is 0 Å². The van der Waals surface area contributed by atoms with Gasteiger partial charge in [0.25, 0.3) is 0 Å². The first-order chi connectivity index (χ1) is 8.20. The van der Waals surface area contributed by atoms with E-state index in [-0.39, 0.29) is 12.4 Å². The van der Waals surface area contributed by atoms with Crippen LogP contribution in [0.25, 0.3) is 0 Å². The third-order valence-corrected chi connectivity index (χ3v) is 3.23. The fourth-order valence-electron chi connectivity index (χ4n) is 2.22. The number of nitrogens with zero attached hydrogens (tertiary/aromatic N) is 2. The maximum Gasteiger partial charge on any atom is 0.146 e. The molecule has 4 heteroatoms. The molecule has 0 atom stereocenters. The van der Waals surface area contributed by atoms with E-state index in [1.807, 2.05) is 19.1 Å². The molecule has 1 aliphatic heterocycles. The number of hydrogen-bond donors (Lipinski definition) is 1. The maximum atomic E-state index is 13.8. The molecule has 2 rings (SSSR count). The van der Waals surface area contributed by atoms with Crippen LogP contribution in [0, 0.1) is 12.7 Å². The molecule has 0 radical (unpaired) electrons. The molecule has 1 saturated heterocycles. The Hall–Kier alpha value is -1.13. The fourth-order valence-corrected chi connectivity index (χ4v) is 2.22. The largest absolute Gasteiger partial charge is 0.395 e. The van der Waals surface area contributed by atoms with Crippen molar-refractivity contribution in [2.24, 2.45) is 0 Å². The highest BCUT2D eigenvalue weighted by molar-refractivity contribution is 5.49. The molecule has 1 aliphatic rings. The lowest BCUT2D eigenvalue weighted by molar-refractivity contribution is 0.188. The standard InChI is InChI=1S/C13H19FN2O/c1-11-2-3-13(12(14)10-11)16-6-4-15(5-7-16)8-9-17/h2-3,10,17H,4-9H2,1H3. The molecule has 17 heavy (non-hydrogen) atoms. The summed E-state index contributed by atoms with van der Waals surface area (Å²) in [5, 5.41) is 8.86. The lowest BCUT2D eigenvalue weighted by atomic mass is 10.2. The molecule has 1 fully saturated rings. The van der Waals surface area contributed by atoms with Gasteiger partial charge in [-0.15, -0.1) is 0 Å². The summed E-state index contributed by atoms with van der Waals surface area (Å²) in [4.78, 5) is 4.27. The molecule has 1 N–H and O–H groups in total. The van der Waals surface area contributed by atoms with E-state index < -0.39 is 0 Å². The van der Waals surface area contributed by atoms with Gasteiger partial charge in [-0.2, -0.15) is 0 Å². The second kappa shape index (κ2) is 5.47. The molecular formula is C13H19FN2O. The Morgan fingerprint density at radius 2 is 1.94 bits per heavy atom. The van der Waals surface area contributed by atoms with Crippen LogP contribution in [0.2, 0.25) is 0 Å². The number of benzene rings is 1. The minimum atomic E-state index is -0.138. The zero-order chi connectivity index (χ0) is 12.3. The van der Waals surface area contributed by atoms with Gasteiger partial charge in [-0.25, -0.2) is 4.39 Å². The van der Waals surface area contributed by atoms with E-state index in [9.17, 15) is 4.39 Å². The second-order valence-corrected chi connectivity index (χ2v) is 4.51. The van der Waals surface area contributed by atoms with Crippen molar-refractivity contribution in [1.29, 1.82) is 0 Å². The Morgan fingerprint density at radius 3 is 2.53 bits per heavy atom. The summed E-state index contributed by atoms with van der Waals surface area (Å²) in [7, 11) is 0. The molecule has 3 nitrogen and oxygen atoms in total. The lowest BCUT2D eigenvalue weighted by Gasteiger charge is -2.35. The molecule has 0 amide bonds. The number of hydrogen-bond acceptors (Lipinski definition) is 3. The molecule has 0 spiro atoms. The Balaban J connectivity index is 2.00. The highest BCUT2D eigenvalue weighted by Gasteiger charge is 2.18. The number of aliphatic hydroxyl groups excluding tert-OH is 1. The van der Waals surface area contributed by atoms with Gasteiger partial charge < -0.3 is 10.0 Å². The van der Waals surface area contributed by atoms with E-state index >= 15 is 0 Å². The Labute approximate surface area is 101 Å². The summed E-state index contributed by atoms with van der Waals surface area (Å²) in [6, 6.07) is 5.38. The van der Waals surface area contributed by atoms with Crippen molar-refractivity contribution < 1.29 is 9.50 Å². The van der Waals surface area contributed by atoms with E-state index in [1.165, 1.54) is 0 Å². The van der Waals surface area contributed by atoms with Gasteiger partial charge in [0.2, 0.25) is 0 Å². The van der Waals surface area contributed by atoms with Gasteiger partial charge in [-0.05, 0) is 24.6 Å². The first-order valence-electron chi connectivity index (χ1n) is 6.05. The van der Waals surface area contributed by atoms with Gasteiger partial charge in [0, 0.05) is 32.7 Å². The molecule has 1 heterocycles. The Morgan fingerprint density at radius 1 is 1.24 bits per heavy atom. The second-order valence-electron chi connectivity index (χ2n) is 4.51. The van der Waals surface area contributed by atoms with Crippen LogP contribution in [-0.4, -0.2) is 49.3 Å². The molecule has 0 saturated carbocycles. The number of rotatable bonds is 3. The van der Waals surface area contributed by atoms with Crippen LogP contribution < -0.4 is 4.90 Å². The highest BCUT2D eigenvalue weighted by atomic mass is 19.1. The highest BCUT2D eigenvalue weighted by Crippen LogP contribution is 2.21. The van der Waals surface area contributed by atoms with Crippen LogP contribution in [0.5, 0.6) is 0 Å². The number of piperazine rings is 1. The van der Waals surface area contributed by atoms with E-state index in [1.54, 1.807) is 6.07 Å². The van der Waals surface area contributed by atoms with Crippen LogP contribution in [0.4, 0.5) is 10.1 Å². The number of aryl methyl sites for hydroxylation is 1. The van der Waals surface area contributed by atoms with E-state index in [4.69, 9.17) is 5.11 Å². The lowest BCUT2D eigenvalue weighted by Crippen LogP contribution is -2.47. The van der Waals surface area contributed by atoms with E-state index in [0.29, 0.717) is 12.2 Å². The van der Waals surface area contributed by atoms with Crippen molar-refractivity contribution in [2.75, 3.05) is 44.2 Å². The molecular weight excluding hydrogens is 219 g/mol. The first-order valence-corrected chi connectivity index (χ1v) is 6.05. The number of aliphatic hydroxyl groups is 1. The smallest absolute Gasteiger partial charge is 0.146 e. The van der Waals surface area contributed by atoms with Gasteiger partial charge in [0.05, 0.1) is 12.3 Å². The minimum Gasteiger partial charge on any atom is -0.395 e. The predicted molar refractivity (Wildman–Crippen MR) is 66.9 cm³/mol. The monoisotopic (exact) mass is 238 g/mol. The van der Waals surface area contributed by atoms with Gasteiger partial charge in [-0.3, -0.25) is 4.90 Å². The van der Waals surface area contributed by atoms with Gasteiger partial charge in [0.1, 0.15) is 5.82 Å². The third kappa shape index (κ3) is 2.96. The molecule has 94 valence electrons. The van der Waals surface area contributed by atoms with Crippen molar-refractivity contribution in [2.45, 2.75) is 6.92 Å². The third-order valence-electron chi connectivity index (χ3n) is 3.23. The molecule has 0 aromatic heterocycles. The summed E-state index contributed by atoms with van der Waals surface area (Å²) in [6.07, 6.45) is 0. The van der Waals surface area contributed by atoms with Crippen molar-refractivity contribution in [3.8, 4) is 0 Å². The van der Waals surface area contributed by atoms with Crippen molar-refractivity contribution in [3.05, 3.63) is 29.6 Å². The maximum absolute atomic E-state index is 13.8. The summed E-state index contributed by atoms with van der Waals surface area (Å²) in [5.74, 6) is -0.138. The van der Waals surface area contributed by atoms with Crippen LogP contribution in [0.15, 0.2) is 18.2 Å². The summed E-state index contributed by atoms with van der Waals surface area (Å²) >= 11 is 0.